The van der Waals surface area contributed by atoms with Crippen LogP contribution in [-0.4, -0.2) is 37.1 Å². The van der Waals surface area contributed by atoms with Crippen LogP contribution in [0.15, 0.2) is 0 Å². The van der Waals surface area contributed by atoms with Gasteiger partial charge in [-0.3, -0.25) is 9.69 Å². The molecule has 0 aliphatic rings. The van der Waals surface area contributed by atoms with Gasteiger partial charge in [0.1, 0.15) is 0 Å². The number of esters is 1. The van der Waals surface area contributed by atoms with E-state index in [1.54, 1.807) is 6.92 Å². The van der Waals surface area contributed by atoms with Gasteiger partial charge < -0.3 is 4.74 Å². The van der Waals surface area contributed by atoms with Gasteiger partial charge in [-0.1, -0.05) is 12.8 Å². The monoisotopic (exact) mass is 169 g/mol. The zero-order valence-electron chi connectivity index (χ0n) is 7.67. The minimum atomic E-state index is -0.213. The van der Waals surface area contributed by atoms with E-state index >= 15 is 0 Å². The number of likely N-dealkylation sites (N-methyl/N-ethyl adjacent to an activating group) is 1. The summed E-state index contributed by atoms with van der Waals surface area (Å²) in [5, 5.41) is 0. The van der Waals surface area contributed by atoms with Crippen molar-refractivity contribution in [2.45, 2.75) is 13.8 Å². The highest BCUT2D eigenvalue weighted by atomic mass is 16.5. The van der Waals surface area contributed by atoms with Gasteiger partial charge in [-0.15, -0.1) is 6.42 Å². The SMILES string of the molecule is C#CCN(CC)CC(=O)OCC. The Hall–Kier alpha value is -1.01. The van der Waals surface area contributed by atoms with Crippen LogP contribution in [0.25, 0.3) is 0 Å². The Morgan fingerprint density at radius 3 is 2.67 bits per heavy atom. The largest absolute Gasteiger partial charge is 0.465 e. The number of carbonyl (C=O) groups is 1. The lowest BCUT2D eigenvalue weighted by Crippen LogP contribution is -2.31. The van der Waals surface area contributed by atoms with Gasteiger partial charge in [0.05, 0.1) is 19.7 Å². The Morgan fingerprint density at radius 1 is 1.58 bits per heavy atom. The fourth-order valence-electron chi connectivity index (χ4n) is 0.798. The number of nitrogens with zero attached hydrogens (tertiary/aromatic N) is 1. The highest BCUT2D eigenvalue weighted by Crippen LogP contribution is 1.88. The first-order valence-electron chi connectivity index (χ1n) is 4.06. The molecular formula is C9H15NO2. The van der Waals surface area contributed by atoms with Gasteiger partial charge in [-0.05, 0) is 13.5 Å². The Balaban J connectivity index is 3.70. The average molecular weight is 169 g/mol. The molecule has 0 saturated carbocycles. The second-order valence-corrected chi connectivity index (χ2v) is 2.31. The summed E-state index contributed by atoms with van der Waals surface area (Å²) in [5.74, 6) is 2.27. The normalized spacial score (nSPS) is 9.50. The molecule has 0 rings (SSSR count). The molecule has 0 saturated heterocycles. The number of carbonyl (C=O) groups excluding carboxylic acids is 1. The molecule has 0 radical (unpaired) electrons. The summed E-state index contributed by atoms with van der Waals surface area (Å²) in [6.07, 6.45) is 5.11. The topological polar surface area (TPSA) is 29.5 Å². The maximum absolute atomic E-state index is 11.0. The van der Waals surface area contributed by atoms with Crippen molar-refractivity contribution in [2.75, 3.05) is 26.2 Å². The van der Waals surface area contributed by atoms with Gasteiger partial charge in [-0.2, -0.15) is 0 Å². The van der Waals surface area contributed by atoms with Crippen LogP contribution in [-0.2, 0) is 9.53 Å². The van der Waals surface area contributed by atoms with Crippen molar-refractivity contribution in [3.05, 3.63) is 0 Å². The number of terminal acetylenes is 1. The first-order valence-corrected chi connectivity index (χ1v) is 4.06. The highest BCUT2D eigenvalue weighted by Gasteiger charge is 2.07. The molecule has 0 spiro atoms. The lowest BCUT2D eigenvalue weighted by Gasteiger charge is -2.15. The van der Waals surface area contributed by atoms with Crippen LogP contribution in [0.3, 0.4) is 0 Å². The molecule has 68 valence electrons. The Morgan fingerprint density at radius 2 is 2.25 bits per heavy atom. The molecule has 0 amide bonds. The molecular weight excluding hydrogens is 154 g/mol. The van der Waals surface area contributed by atoms with E-state index in [-0.39, 0.29) is 12.5 Å². The molecule has 0 heterocycles. The zero-order valence-corrected chi connectivity index (χ0v) is 7.67. The van der Waals surface area contributed by atoms with Gasteiger partial charge in [0.15, 0.2) is 0 Å². The third-order valence-corrected chi connectivity index (χ3v) is 1.42. The molecule has 0 aromatic rings. The third-order valence-electron chi connectivity index (χ3n) is 1.42. The summed E-state index contributed by atoms with van der Waals surface area (Å²) in [6, 6.07) is 0. The fourth-order valence-corrected chi connectivity index (χ4v) is 0.798. The van der Waals surface area contributed by atoms with Crippen molar-refractivity contribution < 1.29 is 9.53 Å². The van der Waals surface area contributed by atoms with E-state index in [4.69, 9.17) is 11.2 Å². The zero-order chi connectivity index (χ0) is 9.40. The van der Waals surface area contributed by atoms with Crippen LogP contribution in [0.2, 0.25) is 0 Å². The quantitative estimate of drug-likeness (QED) is 0.443. The summed E-state index contributed by atoms with van der Waals surface area (Å²) in [7, 11) is 0. The Bertz CT molecular complexity index is 172. The lowest BCUT2D eigenvalue weighted by atomic mass is 10.4. The van der Waals surface area contributed by atoms with E-state index < -0.39 is 0 Å². The van der Waals surface area contributed by atoms with Gasteiger partial charge in [0.25, 0.3) is 0 Å². The minimum absolute atomic E-state index is 0.213. The van der Waals surface area contributed by atoms with Crippen molar-refractivity contribution in [1.29, 1.82) is 0 Å². The van der Waals surface area contributed by atoms with Crippen LogP contribution in [0.5, 0.6) is 0 Å². The van der Waals surface area contributed by atoms with E-state index in [2.05, 4.69) is 5.92 Å². The molecule has 0 unspecified atom stereocenters. The summed E-state index contributed by atoms with van der Waals surface area (Å²) in [4.78, 5) is 12.8. The van der Waals surface area contributed by atoms with Crippen molar-refractivity contribution in [2.24, 2.45) is 0 Å². The smallest absolute Gasteiger partial charge is 0.320 e. The van der Waals surface area contributed by atoms with Crippen LogP contribution in [0.4, 0.5) is 0 Å². The Kier molecular flexibility index (Phi) is 6.12. The standard InChI is InChI=1S/C9H15NO2/c1-4-7-10(5-2)8-9(11)12-6-3/h1H,5-8H2,2-3H3. The van der Waals surface area contributed by atoms with Crippen LogP contribution in [0, 0.1) is 12.3 Å². The minimum Gasteiger partial charge on any atom is -0.465 e. The number of hydrogen-bond acceptors (Lipinski definition) is 3. The molecule has 0 atom stereocenters. The second-order valence-electron chi connectivity index (χ2n) is 2.31. The van der Waals surface area contributed by atoms with Crippen molar-refractivity contribution >= 4 is 5.97 Å². The van der Waals surface area contributed by atoms with Crippen LogP contribution in [0.1, 0.15) is 13.8 Å². The molecule has 0 fully saturated rings. The number of ether oxygens (including phenoxy) is 1. The van der Waals surface area contributed by atoms with Gasteiger partial charge in [-0.25, -0.2) is 0 Å². The van der Waals surface area contributed by atoms with E-state index in [0.29, 0.717) is 13.2 Å². The first kappa shape index (κ1) is 11.0. The molecule has 12 heavy (non-hydrogen) atoms. The average Bonchev–Trinajstić information content (AvgIpc) is 2.04. The molecule has 0 aliphatic heterocycles. The molecule has 3 heteroatoms. The van der Waals surface area contributed by atoms with Crippen molar-refractivity contribution in [3.63, 3.8) is 0 Å². The predicted octanol–water partition coefficient (Wildman–Crippen LogP) is 0.505. The van der Waals surface area contributed by atoms with Gasteiger partial charge >= 0.3 is 5.97 Å². The van der Waals surface area contributed by atoms with E-state index in [1.165, 1.54) is 0 Å². The maximum atomic E-state index is 11.0. The molecule has 0 N–H and O–H groups in total. The van der Waals surface area contributed by atoms with Crippen molar-refractivity contribution in [1.82, 2.24) is 4.90 Å². The highest BCUT2D eigenvalue weighted by molar-refractivity contribution is 5.71. The predicted molar refractivity (Wildman–Crippen MR) is 47.6 cm³/mol. The summed E-state index contributed by atoms with van der Waals surface area (Å²) in [6.45, 7) is 5.71. The van der Waals surface area contributed by atoms with E-state index in [9.17, 15) is 4.79 Å². The van der Waals surface area contributed by atoms with Gasteiger partial charge in [0.2, 0.25) is 0 Å². The summed E-state index contributed by atoms with van der Waals surface area (Å²) >= 11 is 0. The van der Waals surface area contributed by atoms with Crippen molar-refractivity contribution in [3.8, 4) is 12.3 Å². The lowest BCUT2D eigenvalue weighted by molar-refractivity contribution is -0.144. The number of hydrogen-bond donors (Lipinski definition) is 0. The van der Waals surface area contributed by atoms with Crippen LogP contribution < -0.4 is 0 Å². The number of rotatable bonds is 5. The van der Waals surface area contributed by atoms with E-state index in [0.717, 1.165) is 6.54 Å². The van der Waals surface area contributed by atoms with Gasteiger partial charge in [0, 0.05) is 0 Å². The summed E-state index contributed by atoms with van der Waals surface area (Å²) < 4.78 is 4.77. The molecule has 0 aliphatic carbocycles. The Labute approximate surface area is 73.7 Å². The van der Waals surface area contributed by atoms with Crippen LogP contribution >= 0.6 is 0 Å². The maximum Gasteiger partial charge on any atom is 0.320 e. The first-order chi connectivity index (χ1) is 5.74. The molecule has 3 nitrogen and oxygen atoms in total. The fraction of sp³-hybridized carbons (Fsp3) is 0.667. The summed E-state index contributed by atoms with van der Waals surface area (Å²) in [5.41, 5.74) is 0. The third kappa shape index (κ3) is 4.75. The molecule has 0 aromatic carbocycles. The second kappa shape index (κ2) is 6.68. The molecule has 0 bridgehead atoms. The van der Waals surface area contributed by atoms with E-state index in [1.807, 2.05) is 11.8 Å². The molecule has 0 aromatic heterocycles.